The average Bonchev–Trinajstić information content (AvgIpc) is 3.90. The van der Waals surface area contributed by atoms with Crippen LogP contribution in [0.1, 0.15) is 0 Å². The lowest BCUT2D eigenvalue weighted by atomic mass is 9.92. The number of para-hydroxylation sites is 2. The molecule has 0 bridgehead atoms. The number of benzene rings is 10. The molecular formula is C60H39NO. The molecule has 12 rings (SSSR count). The highest BCUT2D eigenvalue weighted by Crippen LogP contribution is 2.46. The number of aromatic nitrogens is 1. The summed E-state index contributed by atoms with van der Waals surface area (Å²) in [6, 6.07) is 85.5. The van der Waals surface area contributed by atoms with Crippen LogP contribution in [0, 0.1) is 0 Å². The summed E-state index contributed by atoms with van der Waals surface area (Å²) in [6.45, 7) is 0. The lowest BCUT2D eigenvalue weighted by Crippen LogP contribution is -2.01. The van der Waals surface area contributed by atoms with Crippen LogP contribution in [0.2, 0.25) is 0 Å². The fourth-order valence-corrected chi connectivity index (χ4v) is 9.66. The van der Waals surface area contributed by atoms with Gasteiger partial charge in [0, 0.05) is 32.7 Å². The molecule has 62 heavy (non-hydrogen) atoms. The molecule has 2 heterocycles. The van der Waals surface area contributed by atoms with Gasteiger partial charge in [0.15, 0.2) is 0 Å². The number of nitrogens with zero attached hydrogens (tertiary/aromatic N) is 1. The number of hydrogen-bond acceptors (Lipinski definition) is 1. The van der Waals surface area contributed by atoms with Crippen LogP contribution in [0.3, 0.4) is 0 Å². The maximum absolute atomic E-state index is 6.49. The molecule has 0 amide bonds. The molecule has 290 valence electrons. The first kappa shape index (κ1) is 35.7. The molecule has 12 aromatic rings. The number of fused-ring (bicyclic) bond motifs is 6. The van der Waals surface area contributed by atoms with Crippen LogP contribution in [0.25, 0.3) is 116 Å². The third kappa shape index (κ3) is 5.88. The van der Waals surface area contributed by atoms with Gasteiger partial charge in [0.1, 0.15) is 11.2 Å². The van der Waals surface area contributed by atoms with Gasteiger partial charge in [0.2, 0.25) is 0 Å². The maximum atomic E-state index is 6.49. The molecular weight excluding hydrogens is 751 g/mol. The van der Waals surface area contributed by atoms with Gasteiger partial charge in [-0.2, -0.15) is 0 Å². The molecule has 0 N–H and O–H groups in total. The van der Waals surface area contributed by atoms with E-state index in [2.05, 4.69) is 235 Å². The Labute approximate surface area is 360 Å². The monoisotopic (exact) mass is 789 g/mol. The van der Waals surface area contributed by atoms with Crippen molar-refractivity contribution in [3.05, 3.63) is 237 Å². The highest BCUT2D eigenvalue weighted by atomic mass is 16.3. The first-order chi connectivity index (χ1) is 30.8. The molecule has 0 radical (unpaired) electrons. The molecule has 0 aliphatic carbocycles. The fraction of sp³-hybridized carbons (Fsp3) is 0. The van der Waals surface area contributed by atoms with Gasteiger partial charge in [-0.05, 0) is 92.0 Å². The van der Waals surface area contributed by atoms with Gasteiger partial charge in [-0.3, -0.25) is 0 Å². The SMILES string of the molecule is c1ccc(-c2ccccc2-c2ccc3c(c2)c2cc(-c4ccccc4-c4ccccc4)ccc2n3-c2c(-c3ccccc3)cccc2-c2cccc3oc4ccccc4c23)cc1. The molecule has 0 fully saturated rings. The highest BCUT2D eigenvalue weighted by molar-refractivity contribution is 6.16. The van der Waals surface area contributed by atoms with Crippen molar-refractivity contribution >= 4 is 43.7 Å². The van der Waals surface area contributed by atoms with E-state index in [1.165, 1.54) is 55.3 Å². The van der Waals surface area contributed by atoms with Crippen molar-refractivity contribution < 1.29 is 4.42 Å². The quantitative estimate of drug-likeness (QED) is 0.157. The minimum absolute atomic E-state index is 0.880. The zero-order valence-corrected chi connectivity index (χ0v) is 33.9. The Balaban J connectivity index is 1.19. The van der Waals surface area contributed by atoms with Gasteiger partial charge in [0.25, 0.3) is 0 Å². The second-order valence-electron chi connectivity index (χ2n) is 16.0. The van der Waals surface area contributed by atoms with E-state index in [4.69, 9.17) is 4.42 Å². The topological polar surface area (TPSA) is 18.1 Å². The Bertz CT molecular complexity index is 3470. The summed E-state index contributed by atoms with van der Waals surface area (Å²) in [5, 5.41) is 4.62. The van der Waals surface area contributed by atoms with Crippen molar-refractivity contribution in [1.82, 2.24) is 4.57 Å². The summed E-state index contributed by atoms with van der Waals surface area (Å²) >= 11 is 0. The van der Waals surface area contributed by atoms with E-state index in [0.29, 0.717) is 0 Å². The van der Waals surface area contributed by atoms with E-state index < -0.39 is 0 Å². The summed E-state index contributed by atoms with van der Waals surface area (Å²) in [7, 11) is 0. The smallest absolute Gasteiger partial charge is 0.136 e. The maximum Gasteiger partial charge on any atom is 0.136 e. The normalized spacial score (nSPS) is 11.5. The van der Waals surface area contributed by atoms with E-state index >= 15 is 0 Å². The Kier molecular flexibility index (Phi) is 8.53. The van der Waals surface area contributed by atoms with E-state index in [1.54, 1.807) is 0 Å². The van der Waals surface area contributed by atoms with Crippen LogP contribution in [-0.2, 0) is 0 Å². The van der Waals surface area contributed by atoms with Crippen molar-refractivity contribution in [2.24, 2.45) is 0 Å². The van der Waals surface area contributed by atoms with Crippen LogP contribution in [0.4, 0.5) is 0 Å². The lowest BCUT2D eigenvalue weighted by molar-refractivity contribution is 0.669. The first-order valence-electron chi connectivity index (χ1n) is 21.3. The minimum Gasteiger partial charge on any atom is -0.456 e. The largest absolute Gasteiger partial charge is 0.456 e. The van der Waals surface area contributed by atoms with Gasteiger partial charge in [-0.1, -0.05) is 200 Å². The fourth-order valence-electron chi connectivity index (χ4n) is 9.66. The van der Waals surface area contributed by atoms with E-state index in [-0.39, 0.29) is 0 Å². The van der Waals surface area contributed by atoms with Crippen molar-refractivity contribution in [1.29, 1.82) is 0 Å². The standard InChI is InChI=1S/C60H39NO/c1-4-18-40(19-5-1)45-24-10-12-26-47(45)43-34-36-55-53(38-43)54-39-44(48-27-13-11-25-46(48)41-20-6-2-7-21-41)35-37-56(54)61(55)60-49(42-22-8-3-9-23-42)29-16-31-51(60)50-30-17-33-58-59(50)52-28-14-15-32-57(52)62-58/h1-39H. The first-order valence-corrected chi connectivity index (χ1v) is 21.3. The molecule has 2 heteroatoms. The minimum atomic E-state index is 0.880. The third-order valence-electron chi connectivity index (χ3n) is 12.4. The van der Waals surface area contributed by atoms with Crippen LogP contribution >= 0.6 is 0 Å². The zero-order chi connectivity index (χ0) is 41.0. The number of hydrogen-bond donors (Lipinski definition) is 0. The molecule has 0 aliphatic heterocycles. The summed E-state index contributed by atoms with van der Waals surface area (Å²) < 4.78 is 9.00. The van der Waals surface area contributed by atoms with E-state index in [9.17, 15) is 0 Å². The molecule has 2 nitrogen and oxygen atoms in total. The van der Waals surface area contributed by atoms with Crippen LogP contribution in [0.15, 0.2) is 241 Å². The van der Waals surface area contributed by atoms with Crippen LogP contribution < -0.4 is 0 Å². The van der Waals surface area contributed by atoms with E-state index in [0.717, 1.165) is 60.9 Å². The second-order valence-corrected chi connectivity index (χ2v) is 16.0. The lowest BCUT2D eigenvalue weighted by Gasteiger charge is -2.20. The molecule has 2 aromatic heterocycles. The van der Waals surface area contributed by atoms with Crippen molar-refractivity contribution in [3.63, 3.8) is 0 Å². The highest BCUT2D eigenvalue weighted by Gasteiger charge is 2.23. The predicted octanol–water partition coefficient (Wildman–Crippen LogP) is 16.7. The van der Waals surface area contributed by atoms with Gasteiger partial charge < -0.3 is 8.98 Å². The summed E-state index contributed by atoms with van der Waals surface area (Å²) in [6.07, 6.45) is 0. The molecule has 0 atom stereocenters. The van der Waals surface area contributed by atoms with Gasteiger partial charge >= 0.3 is 0 Å². The molecule has 0 saturated carbocycles. The van der Waals surface area contributed by atoms with Crippen molar-refractivity contribution in [3.8, 4) is 72.4 Å². The second kappa shape index (κ2) is 14.8. The molecule has 0 saturated heterocycles. The molecule has 0 aliphatic rings. The summed E-state index contributed by atoms with van der Waals surface area (Å²) in [5.41, 5.74) is 19.4. The molecule has 0 unspecified atom stereocenters. The zero-order valence-electron chi connectivity index (χ0n) is 33.9. The Morgan fingerprint density at radius 2 is 0.661 bits per heavy atom. The average molecular weight is 790 g/mol. The van der Waals surface area contributed by atoms with E-state index in [1.807, 2.05) is 6.07 Å². The van der Waals surface area contributed by atoms with Crippen molar-refractivity contribution in [2.75, 3.05) is 0 Å². The van der Waals surface area contributed by atoms with Gasteiger partial charge in [-0.15, -0.1) is 0 Å². The number of rotatable bonds is 7. The van der Waals surface area contributed by atoms with Gasteiger partial charge in [0.05, 0.1) is 16.7 Å². The summed E-state index contributed by atoms with van der Waals surface area (Å²) in [5.74, 6) is 0. The molecule has 0 spiro atoms. The third-order valence-corrected chi connectivity index (χ3v) is 12.4. The van der Waals surface area contributed by atoms with Crippen LogP contribution in [-0.4, -0.2) is 4.57 Å². The van der Waals surface area contributed by atoms with Crippen LogP contribution in [0.5, 0.6) is 0 Å². The Hall–Kier alpha value is -8.20. The Morgan fingerprint density at radius 3 is 1.23 bits per heavy atom. The van der Waals surface area contributed by atoms with Gasteiger partial charge in [-0.25, -0.2) is 0 Å². The number of furan rings is 1. The molecule has 10 aromatic carbocycles. The van der Waals surface area contributed by atoms with Crippen molar-refractivity contribution in [2.45, 2.75) is 0 Å². The summed E-state index contributed by atoms with van der Waals surface area (Å²) in [4.78, 5) is 0. The predicted molar refractivity (Wildman–Crippen MR) is 261 cm³/mol. The Morgan fingerprint density at radius 1 is 0.258 bits per heavy atom.